The van der Waals surface area contributed by atoms with E-state index in [9.17, 15) is 0 Å². The number of hydrogen-bond acceptors (Lipinski definition) is 1. The Balaban J connectivity index is 2.57. The van der Waals surface area contributed by atoms with Crippen LogP contribution >= 0.6 is 0 Å². The summed E-state index contributed by atoms with van der Waals surface area (Å²) in [6.07, 6.45) is 2.70. The van der Waals surface area contributed by atoms with Gasteiger partial charge in [-0.05, 0) is 0 Å². The molecule has 0 heterocycles. The van der Waals surface area contributed by atoms with Crippen molar-refractivity contribution in [3.8, 4) is 5.75 Å². The third-order valence-electron chi connectivity index (χ3n) is 2.13. The Labute approximate surface area is 96.9 Å². The van der Waals surface area contributed by atoms with E-state index >= 15 is 0 Å². The van der Waals surface area contributed by atoms with Crippen molar-refractivity contribution >= 4 is 24.5 Å². The molecular formula is C12H18OTe. The second-order valence-electron chi connectivity index (χ2n) is 3.33. The molecule has 0 aliphatic heterocycles. The van der Waals surface area contributed by atoms with E-state index in [4.69, 9.17) is 4.74 Å². The molecule has 0 bridgehead atoms. The van der Waals surface area contributed by atoms with E-state index in [1.54, 1.807) is 10.7 Å². The van der Waals surface area contributed by atoms with Gasteiger partial charge in [0.05, 0.1) is 0 Å². The number of methoxy groups -OCH3 is 1. The van der Waals surface area contributed by atoms with Gasteiger partial charge in [0.15, 0.2) is 0 Å². The molecule has 1 aromatic carbocycles. The third kappa shape index (κ3) is 3.52. The zero-order valence-electron chi connectivity index (χ0n) is 9.17. The summed E-state index contributed by atoms with van der Waals surface area (Å²) >= 11 is 0.0548. The number of unbranched alkanes of at least 4 members (excludes halogenated alkanes) is 1. The Morgan fingerprint density at radius 3 is 2.71 bits per heavy atom. The monoisotopic (exact) mass is 308 g/mol. The zero-order valence-corrected chi connectivity index (χ0v) is 11.5. The summed E-state index contributed by atoms with van der Waals surface area (Å²) in [5.74, 6) is 1.01. The van der Waals surface area contributed by atoms with Crippen LogP contribution in [0.4, 0.5) is 0 Å². The van der Waals surface area contributed by atoms with Crippen LogP contribution in [0.1, 0.15) is 25.3 Å². The van der Waals surface area contributed by atoms with Crippen molar-refractivity contribution in [3.63, 3.8) is 0 Å². The number of aryl methyl sites for hydroxylation is 1. The summed E-state index contributed by atoms with van der Waals surface area (Å²) in [6, 6.07) is 6.61. The van der Waals surface area contributed by atoms with Crippen molar-refractivity contribution in [2.45, 2.75) is 31.2 Å². The van der Waals surface area contributed by atoms with Gasteiger partial charge in [-0.3, -0.25) is 0 Å². The SMILES string of the molecule is CCCC[Te]c1ccc(OC)c(C)c1. The standard InChI is InChI=1S/C12H18OTe/c1-4-5-8-14-11-6-7-12(13-3)10(2)9-11/h6-7,9H,4-5,8H2,1-3H3. The summed E-state index contributed by atoms with van der Waals surface area (Å²) in [5, 5.41) is 0. The molecule has 0 aromatic heterocycles. The minimum atomic E-state index is 0.0548. The predicted octanol–water partition coefficient (Wildman–Crippen LogP) is 2.55. The molecule has 0 N–H and O–H groups in total. The summed E-state index contributed by atoms with van der Waals surface area (Å²) in [7, 11) is 1.73. The van der Waals surface area contributed by atoms with Crippen molar-refractivity contribution in [2.75, 3.05) is 7.11 Å². The maximum absolute atomic E-state index is 5.24. The molecule has 0 aliphatic carbocycles. The van der Waals surface area contributed by atoms with Gasteiger partial charge in [-0.15, -0.1) is 0 Å². The fraction of sp³-hybridized carbons (Fsp3) is 0.500. The molecule has 0 spiro atoms. The van der Waals surface area contributed by atoms with E-state index in [1.807, 2.05) is 0 Å². The van der Waals surface area contributed by atoms with Crippen LogP contribution in [0.25, 0.3) is 0 Å². The van der Waals surface area contributed by atoms with Crippen molar-refractivity contribution in [3.05, 3.63) is 23.8 Å². The Kier molecular flexibility index (Phi) is 5.37. The second kappa shape index (κ2) is 6.32. The first-order valence-electron chi connectivity index (χ1n) is 5.05. The van der Waals surface area contributed by atoms with Gasteiger partial charge >= 0.3 is 97.1 Å². The van der Waals surface area contributed by atoms with Gasteiger partial charge in [0.1, 0.15) is 0 Å². The quantitative estimate of drug-likeness (QED) is 0.600. The Morgan fingerprint density at radius 1 is 1.36 bits per heavy atom. The molecule has 0 aliphatic rings. The first-order chi connectivity index (χ1) is 6.77. The molecule has 0 fully saturated rings. The maximum atomic E-state index is 5.24. The summed E-state index contributed by atoms with van der Waals surface area (Å²) in [4.78, 5) is 0. The van der Waals surface area contributed by atoms with Gasteiger partial charge in [0.25, 0.3) is 0 Å². The number of benzene rings is 1. The van der Waals surface area contributed by atoms with Crippen molar-refractivity contribution in [1.82, 2.24) is 0 Å². The van der Waals surface area contributed by atoms with E-state index in [1.165, 1.54) is 22.9 Å². The minimum absolute atomic E-state index is 0.0548. The molecule has 0 radical (unpaired) electrons. The fourth-order valence-electron chi connectivity index (χ4n) is 1.28. The molecule has 1 rings (SSSR count). The third-order valence-corrected chi connectivity index (χ3v) is 5.22. The van der Waals surface area contributed by atoms with Crippen molar-refractivity contribution in [1.29, 1.82) is 0 Å². The molecular weight excluding hydrogens is 288 g/mol. The molecule has 0 atom stereocenters. The van der Waals surface area contributed by atoms with E-state index in [0.717, 1.165) is 5.75 Å². The van der Waals surface area contributed by atoms with E-state index < -0.39 is 0 Å². The summed E-state index contributed by atoms with van der Waals surface area (Å²) in [5.41, 5.74) is 1.27. The normalized spacial score (nSPS) is 10.2. The first-order valence-corrected chi connectivity index (χ1v) is 7.86. The number of rotatable bonds is 5. The topological polar surface area (TPSA) is 9.23 Å². The predicted molar refractivity (Wildman–Crippen MR) is 62.8 cm³/mol. The zero-order chi connectivity index (χ0) is 10.4. The van der Waals surface area contributed by atoms with Crippen LogP contribution in [-0.4, -0.2) is 28.0 Å². The molecule has 0 saturated carbocycles. The van der Waals surface area contributed by atoms with Gasteiger partial charge in [0.2, 0.25) is 0 Å². The van der Waals surface area contributed by atoms with Crippen LogP contribution in [0.15, 0.2) is 18.2 Å². The van der Waals surface area contributed by atoms with Gasteiger partial charge in [-0.25, -0.2) is 0 Å². The average Bonchev–Trinajstić information content (AvgIpc) is 2.18. The van der Waals surface area contributed by atoms with Gasteiger partial charge < -0.3 is 0 Å². The van der Waals surface area contributed by atoms with E-state index in [-0.39, 0.29) is 20.9 Å². The molecule has 1 aromatic rings. The molecule has 0 unspecified atom stereocenters. The average molecular weight is 306 g/mol. The Hall–Kier alpha value is -0.190. The van der Waals surface area contributed by atoms with Crippen LogP contribution in [0.2, 0.25) is 4.47 Å². The van der Waals surface area contributed by atoms with Gasteiger partial charge in [-0.1, -0.05) is 0 Å². The van der Waals surface area contributed by atoms with Crippen LogP contribution in [0.5, 0.6) is 5.75 Å². The first kappa shape index (κ1) is 11.9. The fourth-order valence-corrected chi connectivity index (χ4v) is 4.39. The van der Waals surface area contributed by atoms with Crippen molar-refractivity contribution < 1.29 is 4.74 Å². The van der Waals surface area contributed by atoms with Crippen LogP contribution < -0.4 is 8.35 Å². The van der Waals surface area contributed by atoms with Gasteiger partial charge in [0, 0.05) is 0 Å². The summed E-state index contributed by atoms with van der Waals surface area (Å²) in [6.45, 7) is 4.38. The number of hydrogen-bond donors (Lipinski definition) is 0. The molecule has 78 valence electrons. The molecule has 1 nitrogen and oxygen atoms in total. The van der Waals surface area contributed by atoms with Crippen LogP contribution in [-0.2, 0) is 0 Å². The Bertz CT molecular complexity index is 284. The van der Waals surface area contributed by atoms with Gasteiger partial charge in [-0.2, -0.15) is 0 Å². The molecule has 14 heavy (non-hydrogen) atoms. The molecule has 0 saturated heterocycles. The van der Waals surface area contributed by atoms with Crippen LogP contribution in [0, 0.1) is 6.92 Å². The van der Waals surface area contributed by atoms with E-state index in [2.05, 4.69) is 32.0 Å². The summed E-state index contributed by atoms with van der Waals surface area (Å²) < 4.78 is 8.22. The second-order valence-corrected chi connectivity index (χ2v) is 6.67. The number of ether oxygens (including phenoxy) is 1. The van der Waals surface area contributed by atoms with Crippen molar-refractivity contribution in [2.24, 2.45) is 0 Å². The molecule has 2 heteroatoms. The Morgan fingerprint density at radius 2 is 2.14 bits per heavy atom. The molecule has 0 amide bonds. The van der Waals surface area contributed by atoms with E-state index in [0.29, 0.717) is 0 Å². The van der Waals surface area contributed by atoms with Crippen LogP contribution in [0.3, 0.4) is 0 Å².